The van der Waals surface area contributed by atoms with E-state index in [4.69, 9.17) is 0 Å². The molecule has 0 amide bonds. The van der Waals surface area contributed by atoms with Crippen LogP contribution in [0.3, 0.4) is 0 Å². The second-order valence-corrected chi connectivity index (χ2v) is 5.20. The number of aromatic amines is 1. The molecule has 90 valence electrons. The highest BCUT2D eigenvalue weighted by Crippen LogP contribution is 2.18. The molecule has 0 spiro atoms. The lowest BCUT2D eigenvalue weighted by Gasteiger charge is -2.02. The largest absolute Gasteiger partial charge is 0.329 e. The van der Waals surface area contributed by atoms with E-state index in [0.29, 0.717) is 10.2 Å². The maximum atomic E-state index is 12.0. The van der Waals surface area contributed by atoms with E-state index < -0.39 is 5.69 Å². The van der Waals surface area contributed by atoms with E-state index >= 15 is 0 Å². The number of hydrogen-bond acceptors (Lipinski definition) is 4. The zero-order valence-electron chi connectivity index (χ0n) is 9.57. The quantitative estimate of drug-likeness (QED) is 0.887. The number of nitrogens with zero attached hydrogens (tertiary/aromatic N) is 1. The molecule has 2 aromatic rings. The Bertz CT molecular complexity index is 693. The standard InChI is InChI=1S/C11H12N2O3S/c1-6(14)3-4-13-10(15)8-5-7(2)17-9(8)12-11(13)16/h5H,3-4H2,1-2H3,(H,12,16). The lowest BCUT2D eigenvalue weighted by Crippen LogP contribution is -2.35. The second kappa shape index (κ2) is 4.29. The Balaban J connectivity index is 2.59. The molecule has 6 heteroatoms. The lowest BCUT2D eigenvalue weighted by atomic mass is 10.3. The Morgan fingerprint density at radius 3 is 2.82 bits per heavy atom. The highest BCUT2D eigenvalue weighted by atomic mass is 32.1. The van der Waals surface area contributed by atoms with Crippen LogP contribution in [-0.2, 0) is 11.3 Å². The number of H-pyrrole nitrogens is 1. The Labute approximate surface area is 101 Å². The van der Waals surface area contributed by atoms with E-state index in [0.717, 1.165) is 9.44 Å². The summed E-state index contributed by atoms with van der Waals surface area (Å²) in [6, 6.07) is 1.75. The molecular weight excluding hydrogens is 240 g/mol. The molecule has 0 bridgehead atoms. The van der Waals surface area contributed by atoms with E-state index in [1.165, 1.54) is 18.3 Å². The number of carbonyl (C=O) groups is 1. The summed E-state index contributed by atoms with van der Waals surface area (Å²) < 4.78 is 1.08. The number of Topliss-reactive ketones (excluding diaryl/α,β-unsaturated/α-hetero) is 1. The highest BCUT2D eigenvalue weighted by molar-refractivity contribution is 7.18. The zero-order chi connectivity index (χ0) is 12.6. The van der Waals surface area contributed by atoms with Crippen molar-refractivity contribution in [2.24, 2.45) is 0 Å². The smallest absolute Gasteiger partial charge is 0.300 e. The molecule has 0 aliphatic carbocycles. The van der Waals surface area contributed by atoms with Crippen LogP contribution in [0.4, 0.5) is 0 Å². The van der Waals surface area contributed by atoms with Gasteiger partial charge in [0.05, 0.1) is 5.39 Å². The summed E-state index contributed by atoms with van der Waals surface area (Å²) >= 11 is 1.38. The van der Waals surface area contributed by atoms with E-state index in [1.807, 2.05) is 6.92 Å². The minimum absolute atomic E-state index is 0.0436. The Morgan fingerprint density at radius 2 is 2.18 bits per heavy atom. The number of thiophene rings is 1. The van der Waals surface area contributed by atoms with Gasteiger partial charge in [-0.05, 0) is 19.9 Å². The summed E-state index contributed by atoms with van der Waals surface area (Å²) in [6.45, 7) is 3.45. The fourth-order valence-electron chi connectivity index (χ4n) is 1.64. The van der Waals surface area contributed by atoms with Crippen molar-refractivity contribution in [3.05, 3.63) is 31.8 Å². The molecule has 2 rings (SSSR count). The molecule has 1 N–H and O–H groups in total. The van der Waals surface area contributed by atoms with Gasteiger partial charge in [0.1, 0.15) is 10.6 Å². The number of hydrogen-bond donors (Lipinski definition) is 1. The number of rotatable bonds is 3. The molecule has 0 aliphatic heterocycles. The number of carbonyl (C=O) groups excluding carboxylic acids is 1. The summed E-state index contributed by atoms with van der Waals surface area (Å²) in [5, 5.41) is 0.510. The topological polar surface area (TPSA) is 71.9 Å². The fraction of sp³-hybridized carbons (Fsp3) is 0.364. The minimum Gasteiger partial charge on any atom is -0.300 e. The van der Waals surface area contributed by atoms with E-state index in [1.54, 1.807) is 6.07 Å². The summed E-state index contributed by atoms with van der Waals surface area (Å²) in [5.74, 6) is -0.0436. The predicted octanol–water partition coefficient (Wildman–Crippen LogP) is 1.04. The van der Waals surface area contributed by atoms with E-state index in [2.05, 4.69) is 4.98 Å². The molecule has 0 atom stereocenters. The third kappa shape index (κ3) is 2.21. The van der Waals surface area contributed by atoms with Gasteiger partial charge in [-0.15, -0.1) is 11.3 Å². The van der Waals surface area contributed by atoms with Crippen molar-refractivity contribution < 1.29 is 4.79 Å². The van der Waals surface area contributed by atoms with Crippen LogP contribution in [0, 0.1) is 6.92 Å². The lowest BCUT2D eigenvalue weighted by molar-refractivity contribution is -0.117. The first-order chi connectivity index (χ1) is 7.99. The van der Waals surface area contributed by atoms with Gasteiger partial charge in [0.15, 0.2) is 0 Å². The molecule has 2 heterocycles. The van der Waals surface area contributed by atoms with E-state index in [9.17, 15) is 14.4 Å². The van der Waals surface area contributed by atoms with Crippen molar-refractivity contribution in [1.29, 1.82) is 0 Å². The monoisotopic (exact) mass is 252 g/mol. The van der Waals surface area contributed by atoms with Gasteiger partial charge >= 0.3 is 5.69 Å². The van der Waals surface area contributed by atoms with Gasteiger partial charge in [-0.3, -0.25) is 19.1 Å². The molecule has 17 heavy (non-hydrogen) atoms. The number of ketones is 1. The molecule has 0 saturated heterocycles. The third-order valence-corrected chi connectivity index (χ3v) is 3.45. The number of fused-ring (bicyclic) bond motifs is 1. The van der Waals surface area contributed by atoms with Crippen LogP contribution in [0.25, 0.3) is 10.2 Å². The van der Waals surface area contributed by atoms with Gasteiger partial charge in [-0.25, -0.2) is 4.79 Å². The number of aryl methyl sites for hydroxylation is 1. The Hall–Kier alpha value is -1.69. The van der Waals surface area contributed by atoms with Crippen LogP contribution >= 0.6 is 11.3 Å². The molecular formula is C11H12N2O3S. The van der Waals surface area contributed by atoms with Gasteiger partial charge < -0.3 is 0 Å². The highest BCUT2D eigenvalue weighted by Gasteiger charge is 2.10. The maximum Gasteiger partial charge on any atom is 0.329 e. The number of nitrogens with one attached hydrogen (secondary N) is 1. The maximum absolute atomic E-state index is 12.0. The summed E-state index contributed by atoms with van der Waals surface area (Å²) in [7, 11) is 0. The first-order valence-corrected chi connectivity index (χ1v) is 6.03. The normalized spacial score (nSPS) is 10.9. The molecule has 5 nitrogen and oxygen atoms in total. The van der Waals surface area contributed by atoms with Gasteiger partial charge in [-0.2, -0.15) is 0 Å². The van der Waals surface area contributed by atoms with Gasteiger partial charge in [0.2, 0.25) is 0 Å². The van der Waals surface area contributed by atoms with Crippen LogP contribution in [0.15, 0.2) is 15.7 Å². The Morgan fingerprint density at radius 1 is 1.47 bits per heavy atom. The van der Waals surface area contributed by atoms with Crippen molar-refractivity contribution in [2.75, 3.05) is 0 Å². The van der Waals surface area contributed by atoms with Gasteiger partial charge in [-0.1, -0.05) is 0 Å². The summed E-state index contributed by atoms with van der Waals surface area (Å²) in [4.78, 5) is 38.8. The molecule has 0 aliphatic rings. The predicted molar refractivity (Wildman–Crippen MR) is 66.7 cm³/mol. The van der Waals surface area contributed by atoms with Crippen LogP contribution in [0.5, 0.6) is 0 Å². The summed E-state index contributed by atoms with van der Waals surface area (Å²) in [6.07, 6.45) is 0.192. The third-order valence-electron chi connectivity index (χ3n) is 2.48. The second-order valence-electron chi connectivity index (χ2n) is 3.94. The first kappa shape index (κ1) is 11.8. The van der Waals surface area contributed by atoms with Crippen LogP contribution < -0.4 is 11.2 Å². The zero-order valence-corrected chi connectivity index (χ0v) is 10.4. The average Bonchev–Trinajstić information content (AvgIpc) is 2.58. The van der Waals surface area contributed by atoms with Crippen molar-refractivity contribution in [2.45, 2.75) is 26.8 Å². The van der Waals surface area contributed by atoms with Crippen LogP contribution in [0.1, 0.15) is 18.2 Å². The molecule has 2 aromatic heterocycles. The van der Waals surface area contributed by atoms with E-state index in [-0.39, 0.29) is 24.3 Å². The van der Waals surface area contributed by atoms with Crippen molar-refractivity contribution in [3.8, 4) is 0 Å². The first-order valence-electron chi connectivity index (χ1n) is 5.21. The van der Waals surface area contributed by atoms with Gasteiger partial charge in [0, 0.05) is 17.8 Å². The average molecular weight is 252 g/mol. The molecule has 0 fully saturated rings. The SMILES string of the molecule is CC(=O)CCn1c(=O)[nH]c2sc(C)cc2c1=O. The summed E-state index contributed by atoms with van der Waals surface area (Å²) in [5.41, 5.74) is -0.778. The molecule has 0 unspecified atom stereocenters. The number of aromatic nitrogens is 2. The minimum atomic E-state index is -0.453. The van der Waals surface area contributed by atoms with Gasteiger partial charge in [0.25, 0.3) is 5.56 Å². The molecule has 0 saturated carbocycles. The molecule has 0 radical (unpaired) electrons. The van der Waals surface area contributed by atoms with Crippen molar-refractivity contribution >= 4 is 27.3 Å². The Kier molecular flexibility index (Phi) is 2.97. The molecule has 0 aromatic carbocycles. The van der Waals surface area contributed by atoms with Crippen LogP contribution in [0.2, 0.25) is 0 Å². The van der Waals surface area contributed by atoms with Crippen molar-refractivity contribution in [1.82, 2.24) is 9.55 Å². The van der Waals surface area contributed by atoms with Crippen molar-refractivity contribution in [3.63, 3.8) is 0 Å². The van der Waals surface area contributed by atoms with Crippen LogP contribution in [-0.4, -0.2) is 15.3 Å². The fourth-order valence-corrected chi connectivity index (χ4v) is 2.53.